The van der Waals surface area contributed by atoms with Crippen molar-refractivity contribution < 1.29 is 9.47 Å². The highest BCUT2D eigenvalue weighted by Gasteiger charge is 2.15. The Morgan fingerprint density at radius 1 is 1.23 bits per heavy atom. The molecule has 0 aromatic rings. The second-order valence-corrected chi connectivity index (χ2v) is 4.36. The van der Waals surface area contributed by atoms with Crippen molar-refractivity contribution in [2.45, 2.75) is 31.4 Å². The fraction of sp³-hybridized carbons (Fsp3) is 1.00. The Morgan fingerprint density at radius 2 is 1.77 bits per heavy atom. The number of ether oxygens (including phenoxy) is 2. The maximum atomic E-state index is 5.14. The van der Waals surface area contributed by atoms with Crippen LogP contribution in [0.1, 0.15) is 13.8 Å². The Balaban J connectivity index is 3.65. The third-order valence-electron chi connectivity index (χ3n) is 2.00. The Labute approximate surface area is 85.6 Å². The molecule has 0 amide bonds. The van der Waals surface area contributed by atoms with Crippen molar-refractivity contribution in [3.63, 3.8) is 0 Å². The highest BCUT2D eigenvalue weighted by Crippen LogP contribution is 2.04. The monoisotopic (exact) mass is 207 g/mol. The molecule has 2 unspecified atom stereocenters. The van der Waals surface area contributed by atoms with Crippen LogP contribution in [0.15, 0.2) is 0 Å². The van der Waals surface area contributed by atoms with Crippen LogP contribution in [-0.2, 0) is 9.47 Å². The molecule has 0 spiro atoms. The van der Waals surface area contributed by atoms with Gasteiger partial charge in [-0.25, -0.2) is 0 Å². The van der Waals surface area contributed by atoms with Crippen LogP contribution < -0.4 is 5.32 Å². The number of nitrogens with one attached hydrogen (secondary N) is 1. The predicted molar refractivity (Wildman–Crippen MR) is 58.2 cm³/mol. The van der Waals surface area contributed by atoms with Crippen molar-refractivity contribution in [3.05, 3.63) is 0 Å². The molecule has 0 aromatic heterocycles. The lowest BCUT2D eigenvalue weighted by molar-refractivity contribution is -0.119. The summed E-state index contributed by atoms with van der Waals surface area (Å²) in [6.45, 7) is 5.23. The summed E-state index contributed by atoms with van der Waals surface area (Å²) in [6.07, 6.45) is 1.95. The van der Waals surface area contributed by atoms with E-state index in [1.807, 2.05) is 11.8 Å². The lowest BCUT2D eigenvalue weighted by atomic mass is 10.3. The summed E-state index contributed by atoms with van der Waals surface area (Å²) in [7, 11) is 3.31. The Morgan fingerprint density at radius 3 is 2.15 bits per heavy atom. The van der Waals surface area contributed by atoms with Gasteiger partial charge in [-0.05, 0) is 13.2 Å². The average molecular weight is 207 g/mol. The van der Waals surface area contributed by atoms with Crippen molar-refractivity contribution in [1.82, 2.24) is 5.32 Å². The molecule has 80 valence electrons. The summed E-state index contributed by atoms with van der Waals surface area (Å²) in [6, 6.07) is 0.226. The minimum atomic E-state index is -0.158. The molecule has 0 bridgehead atoms. The Bertz CT molecular complexity index is 120. The van der Waals surface area contributed by atoms with Gasteiger partial charge in [-0.1, -0.05) is 6.92 Å². The first-order valence-corrected chi connectivity index (χ1v) is 5.76. The van der Waals surface area contributed by atoms with E-state index in [1.54, 1.807) is 14.2 Å². The third kappa shape index (κ3) is 5.52. The number of methoxy groups -OCH3 is 2. The maximum absolute atomic E-state index is 5.14. The van der Waals surface area contributed by atoms with Gasteiger partial charge < -0.3 is 14.8 Å². The molecular weight excluding hydrogens is 186 g/mol. The molecule has 0 rings (SSSR count). The van der Waals surface area contributed by atoms with E-state index in [0.29, 0.717) is 5.25 Å². The number of thioether (sulfide) groups is 1. The zero-order valence-electron chi connectivity index (χ0n) is 9.16. The van der Waals surface area contributed by atoms with E-state index in [0.717, 1.165) is 6.54 Å². The molecular formula is C9H21NO2S. The molecule has 0 aliphatic rings. The van der Waals surface area contributed by atoms with E-state index in [1.165, 1.54) is 0 Å². The van der Waals surface area contributed by atoms with E-state index in [9.17, 15) is 0 Å². The van der Waals surface area contributed by atoms with Crippen LogP contribution in [0.5, 0.6) is 0 Å². The highest BCUT2D eigenvalue weighted by molar-refractivity contribution is 7.99. The fourth-order valence-electron chi connectivity index (χ4n) is 1.04. The summed E-state index contributed by atoms with van der Waals surface area (Å²) >= 11 is 1.85. The standard InChI is InChI=1S/C9H21NO2S/c1-7(13-5)6-10-8(2)9(11-3)12-4/h7-10H,6H2,1-5H3. The molecule has 13 heavy (non-hydrogen) atoms. The lowest BCUT2D eigenvalue weighted by Crippen LogP contribution is -2.41. The molecule has 2 atom stereocenters. The predicted octanol–water partition coefficient (Wildman–Crippen LogP) is 1.33. The van der Waals surface area contributed by atoms with Crippen LogP contribution in [0.4, 0.5) is 0 Å². The van der Waals surface area contributed by atoms with Crippen LogP contribution in [0.2, 0.25) is 0 Å². The largest absolute Gasteiger partial charge is 0.354 e. The molecule has 0 aliphatic carbocycles. The van der Waals surface area contributed by atoms with Crippen molar-refractivity contribution in [3.8, 4) is 0 Å². The van der Waals surface area contributed by atoms with Crippen LogP contribution in [0, 0.1) is 0 Å². The van der Waals surface area contributed by atoms with Gasteiger partial charge in [0.05, 0.1) is 6.04 Å². The minimum absolute atomic E-state index is 0.158. The topological polar surface area (TPSA) is 30.5 Å². The minimum Gasteiger partial charge on any atom is -0.354 e. The first-order chi connectivity index (χ1) is 6.15. The molecule has 0 radical (unpaired) electrons. The van der Waals surface area contributed by atoms with Crippen molar-refractivity contribution >= 4 is 11.8 Å². The zero-order chi connectivity index (χ0) is 10.3. The van der Waals surface area contributed by atoms with E-state index >= 15 is 0 Å². The summed E-state index contributed by atoms with van der Waals surface area (Å²) < 4.78 is 10.3. The van der Waals surface area contributed by atoms with Gasteiger partial charge in [0, 0.05) is 26.0 Å². The average Bonchev–Trinajstić information content (AvgIpc) is 2.16. The summed E-state index contributed by atoms with van der Waals surface area (Å²) in [5, 5.41) is 3.99. The van der Waals surface area contributed by atoms with Gasteiger partial charge in [0.25, 0.3) is 0 Å². The van der Waals surface area contributed by atoms with E-state index < -0.39 is 0 Å². The van der Waals surface area contributed by atoms with Crippen LogP contribution in [0.25, 0.3) is 0 Å². The highest BCUT2D eigenvalue weighted by atomic mass is 32.2. The van der Waals surface area contributed by atoms with Gasteiger partial charge >= 0.3 is 0 Å². The van der Waals surface area contributed by atoms with Gasteiger partial charge in [-0.15, -0.1) is 0 Å². The van der Waals surface area contributed by atoms with Gasteiger partial charge in [0.1, 0.15) is 0 Å². The molecule has 0 aromatic carbocycles. The van der Waals surface area contributed by atoms with E-state index in [4.69, 9.17) is 9.47 Å². The van der Waals surface area contributed by atoms with Gasteiger partial charge in [0.15, 0.2) is 6.29 Å². The van der Waals surface area contributed by atoms with Crippen molar-refractivity contribution in [1.29, 1.82) is 0 Å². The maximum Gasteiger partial charge on any atom is 0.171 e. The lowest BCUT2D eigenvalue weighted by Gasteiger charge is -2.23. The molecule has 0 fully saturated rings. The summed E-state index contributed by atoms with van der Waals surface area (Å²) in [5.74, 6) is 0. The van der Waals surface area contributed by atoms with Crippen molar-refractivity contribution in [2.75, 3.05) is 27.0 Å². The Kier molecular flexibility index (Phi) is 7.75. The SMILES string of the molecule is COC(OC)C(C)NCC(C)SC. The zero-order valence-corrected chi connectivity index (χ0v) is 9.98. The van der Waals surface area contributed by atoms with Crippen molar-refractivity contribution in [2.24, 2.45) is 0 Å². The Hall–Kier alpha value is 0.230. The number of rotatable bonds is 7. The molecule has 0 aliphatic heterocycles. The molecule has 1 N–H and O–H groups in total. The molecule has 3 nitrogen and oxygen atoms in total. The first kappa shape index (κ1) is 13.2. The number of hydrogen-bond donors (Lipinski definition) is 1. The van der Waals surface area contributed by atoms with Crippen LogP contribution in [0.3, 0.4) is 0 Å². The third-order valence-corrected chi connectivity index (χ3v) is 2.97. The molecule has 0 saturated heterocycles. The molecule has 0 heterocycles. The second-order valence-electron chi connectivity index (χ2n) is 3.08. The van der Waals surface area contributed by atoms with Gasteiger partial charge in [-0.2, -0.15) is 11.8 Å². The fourth-order valence-corrected chi connectivity index (χ4v) is 1.30. The molecule has 4 heteroatoms. The van der Waals surface area contributed by atoms with Gasteiger partial charge in [0.2, 0.25) is 0 Å². The second kappa shape index (κ2) is 7.62. The molecule has 0 saturated carbocycles. The van der Waals surface area contributed by atoms with E-state index in [-0.39, 0.29) is 12.3 Å². The normalized spacial score (nSPS) is 16.2. The first-order valence-electron chi connectivity index (χ1n) is 4.47. The quantitative estimate of drug-likeness (QED) is 0.638. The van der Waals surface area contributed by atoms with Gasteiger partial charge in [-0.3, -0.25) is 0 Å². The van der Waals surface area contributed by atoms with Crippen LogP contribution in [-0.4, -0.2) is 44.6 Å². The summed E-state index contributed by atoms with van der Waals surface area (Å²) in [4.78, 5) is 0. The summed E-state index contributed by atoms with van der Waals surface area (Å²) in [5.41, 5.74) is 0. The van der Waals surface area contributed by atoms with Crippen LogP contribution >= 0.6 is 11.8 Å². The smallest absolute Gasteiger partial charge is 0.171 e. The number of hydrogen-bond acceptors (Lipinski definition) is 4. The van der Waals surface area contributed by atoms with E-state index in [2.05, 4.69) is 25.4 Å².